The smallest absolute Gasteiger partial charge is 0.367 e. The van der Waals surface area contributed by atoms with Gasteiger partial charge in [-0.15, -0.1) is 0 Å². The van der Waals surface area contributed by atoms with Gasteiger partial charge < -0.3 is 19.4 Å². The van der Waals surface area contributed by atoms with Crippen LogP contribution in [0.15, 0.2) is 53.2 Å². The molecule has 2 aromatic carbocycles. The zero-order valence-corrected chi connectivity index (χ0v) is 14.8. The van der Waals surface area contributed by atoms with E-state index in [4.69, 9.17) is 14.6 Å². The molecule has 7 nitrogen and oxygen atoms in total. The van der Waals surface area contributed by atoms with Crippen molar-refractivity contribution in [1.82, 2.24) is 0 Å². The molecule has 0 amide bonds. The van der Waals surface area contributed by atoms with E-state index in [-0.39, 0.29) is 12.2 Å². The number of ether oxygens (including phenoxy) is 2. The van der Waals surface area contributed by atoms with Crippen LogP contribution in [-0.4, -0.2) is 29.9 Å². The van der Waals surface area contributed by atoms with Gasteiger partial charge in [0.2, 0.25) is 0 Å². The molecule has 0 radical (unpaired) electrons. The lowest BCUT2D eigenvalue weighted by atomic mass is 10.1. The predicted octanol–water partition coefficient (Wildman–Crippen LogP) is 3.29. The van der Waals surface area contributed by atoms with Crippen LogP contribution in [0.5, 0.6) is 11.5 Å². The molecule has 1 aliphatic rings. The summed E-state index contributed by atoms with van der Waals surface area (Å²) in [7, 11) is 1.53. The lowest BCUT2D eigenvalue weighted by molar-refractivity contribution is -0.136. The molecule has 27 heavy (non-hydrogen) atoms. The van der Waals surface area contributed by atoms with Crippen LogP contribution in [0, 0.1) is 0 Å². The summed E-state index contributed by atoms with van der Waals surface area (Å²) >= 11 is 0. The molecule has 0 saturated carbocycles. The van der Waals surface area contributed by atoms with Crippen molar-refractivity contribution in [2.24, 2.45) is 5.16 Å². The van der Waals surface area contributed by atoms with Crippen LogP contribution in [0.4, 0.5) is 0 Å². The second kappa shape index (κ2) is 7.74. The highest BCUT2D eigenvalue weighted by Gasteiger charge is 2.21. The van der Waals surface area contributed by atoms with Gasteiger partial charge in [0.05, 0.1) is 24.0 Å². The van der Waals surface area contributed by atoms with Gasteiger partial charge in [-0.25, -0.2) is 9.59 Å². The van der Waals surface area contributed by atoms with E-state index in [1.165, 1.54) is 19.2 Å². The minimum absolute atomic E-state index is 0.220. The Kier molecular flexibility index (Phi) is 5.21. The van der Waals surface area contributed by atoms with Gasteiger partial charge in [0.1, 0.15) is 6.61 Å². The van der Waals surface area contributed by atoms with Gasteiger partial charge in [0, 0.05) is 0 Å². The molecule has 7 heteroatoms. The van der Waals surface area contributed by atoms with Gasteiger partial charge >= 0.3 is 11.9 Å². The van der Waals surface area contributed by atoms with E-state index >= 15 is 0 Å². The third kappa shape index (κ3) is 4.14. The second-order valence-electron chi connectivity index (χ2n) is 5.81. The molecule has 2 aromatic rings. The molecular weight excluding hydrogens is 350 g/mol. The maximum atomic E-state index is 11.6. The first-order valence-corrected chi connectivity index (χ1v) is 8.09. The summed E-state index contributed by atoms with van der Waals surface area (Å²) < 4.78 is 11.1. The number of carboxylic acids is 1. The first-order chi connectivity index (χ1) is 13.0. The largest absolute Gasteiger partial charge is 0.493 e. The van der Waals surface area contributed by atoms with Crippen molar-refractivity contribution >= 4 is 23.7 Å². The number of benzene rings is 2. The van der Waals surface area contributed by atoms with E-state index in [0.29, 0.717) is 22.8 Å². The van der Waals surface area contributed by atoms with E-state index in [1.807, 2.05) is 0 Å². The van der Waals surface area contributed by atoms with E-state index in [9.17, 15) is 9.59 Å². The number of carboxylic acid groups (broad SMARTS) is 1. The SMILES string of the molecule is COc1cc(/C=C2\C(=O)ON=C2C)ccc1OCc1ccc(C(=O)O)cc1. The number of aromatic carboxylic acids is 1. The van der Waals surface area contributed by atoms with Crippen LogP contribution in [0.1, 0.15) is 28.4 Å². The molecule has 1 heterocycles. The molecule has 1 aliphatic heterocycles. The number of carbonyl (C=O) groups is 2. The molecular formula is C20H17NO6. The van der Waals surface area contributed by atoms with Crippen LogP contribution >= 0.6 is 0 Å². The lowest BCUT2D eigenvalue weighted by Gasteiger charge is -2.12. The van der Waals surface area contributed by atoms with E-state index < -0.39 is 11.9 Å². The lowest BCUT2D eigenvalue weighted by Crippen LogP contribution is -2.02. The Labute approximate surface area is 155 Å². The van der Waals surface area contributed by atoms with Crippen molar-refractivity contribution in [3.05, 3.63) is 64.7 Å². The molecule has 0 aromatic heterocycles. The predicted molar refractivity (Wildman–Crippen MR) is 97.9 cm³/mol. The van der Waals surface area contributed by atoms with Crippen LogP contribution in [0.2, 0.25) is 0 Å². The zero-order chi connectivity index (χ0) is 19.4. The molecule has 0 aliphatic carbocycles. The van der Waals surface area contributed by atoms with Gasteiger partial charge in [0.25, 0.3) is 0 Å². The summed E-state index contributed by atoms with van der Waals surface area (Å²) in [5, 5.41) is 12.6. The third-order valence-corrected chi connectivity index (χ3v) is 3.97. The fraction of sp³-hybridized carbons (Fsp3) is 0.150. The summed E-state index contributed by atoms with van der Waals surface area (Å²) in [6.45, 7) is 1.95. The van der Waals surface area contributed by atoms with Crippen molar-refractivity contribution < 1.29 is 29.0 Å². The fourth-order valence-corrected chi connectivity index (χ4v) is 2.48. The standard InChI is InChI=1S/C20H17NO6/c1-12-16(20(24)27-21-12)9-14-5-8-17(18(10-14)25-2)26-11-13-3-6-15(7-4-13)19(22)23/h3-10H,11H2,1-2H3,(H,22,23)/b16-9-. The van der Waals surface area contributed by atoms with Gasteiger partial charge in [0.15, 0.2) is 11.5 Å². The van der Waals surface area contributed by atoms with Crippen LogP contribution in [0.3, 0.4) is 0 Å². The molecule has 1 N–H and O–H groups in total. The number of hydrogen-bond acceptors (Lipinski definition) is 6. The minimum Gasteiger partial charge on any atom is -0.493 e. The number of methoxy groups -OCH3 is 1. The Bertz CT molecular complexity index is 943. The zero-order valence-electron chi connectivity index (χ0n) is 14.8. The van der Waals surface area contributed by atoms with Gasteiger partial charge in [-0.3, -0.25) is 0 Å². The summed E-state index contributed by atoms with van der Waals surface area (Å²) in [4.78, 5) is 27.1. The Hall–Kier alpha value is -3.61. The maximum absolute atomic E-state index is 11.6. The molecule has 138 valence electrons. The second-order valence-corrected chi connectivity index (χ2v) is 5.81. The van der Waals surface area contributed by atoms with E-state index in [2.05, 4.69) is 9.99 Å². The maximum Gasteiger partial charge on any atom is 0.367 e. The van der Waals surface area contributed by atoms with Gasteiger partial charge in [-0.05, 0) is 48.4 Å². The number of hydrogen-bond donors (Lipinski definition) is 1. The summed E-state index contributed by atoms with van der Waals surface area (Å²) in [5.74, 6) is -0.425. The summed E-state index contributed by atoms with van der Waals surface area (Å²) in [5.41, 5.74) is 2.70. The summed E-state index contributed by atoms with van der Waals surface area (Å²) in [6, 6.07) is 11.7. The minimum atomic E-state index is -0.972. The first kappa shape index (κ1) is 18.2. The molecule has 0 atom stereocenters. The topological polar surface area (TPSA) is 94.4 Å². The van der Waals surface area contributed by atoms with E-state index in [0.717, 1.165) is 11.1 Å². The summed E-state index contributed by atoms with van der Waals surface area (Å²) in [6.07, 6.45) is 1.67. The normalized spacial score (nSPS) is 14.7. The Balaban J connectivity index is 1.75. The molecule has 3 rings (SSSR count). The molecule has 0 saturated heterocycles. The number of oxime groups is 1. The van der Waals surface area contributed by atoms with Gasteiger partial charge in [-0.1, -0.05) is 23.4 Å². The van der Waals surface area contributed by atoms with E-state index in [1.54, 1.807) is 43.3 Å². The highest BCUT2D eigenvalue weighted by molar-refractivity contribution is 6.24. The highest BCUT2D eigenvalue weighted by Crippen LogP contribution is 2.30. The Morgan fingerprint density at radius 3 is 2.52 bits per heavy atom. The van der Waals surface area contributed by atoms with Crippen LogP contribution in [0.25, 0.3) is 6.08 Å². The molecule has 0 bridgehead atoms. The van der Waals surface area contributed by atoms with Crippen molar-refractivity contribution in [3.8, 4) is 11.5 Å². The first-order valence-electron chi connectivity index (χ1n) is 8.09. The quantitative estimate of drug-likeness (QED) is 0.622. The average molecular weight is 367 g/mol. The van der Waals surface area contributed by atoms with Crippen molar-refractivity contribution in [3.63, 3.8) is 0 Å². The number of nitrogens with zero attached hydrogens (tertiary/aromatic N) is 1. The Morgan fingerprint density at radius 2 is 1.93 bits per heavy atom. The highest BCUT2D eigenvalue weighted by atomic mass is 16.7. The van der Waals surface area contributed by atoms with Crippen LogP contribution in [-0.2, 0) is 16.2 Å². The molecule has 0 spiro atoms. The van der Waals surface area contributed by atoms with Crippen molar-refractivity contribution in [2.75, 3.05) is 7.11 Å². The third-order valence-electron chi connectivity index (χ3n) is 3.97. The van der Waals surface area contributed by atoms with Crippen molar-refractivity contribution in [1.29, 1.82) is 0 Å². The van der Waals surface area contributed by atoms with Gasteiger partial charge in [-0.2, -0.15) is 0 Å². The average Bonchev–Trinajstić information content (AvgIpc) is 2.99. The molecule has 0 fully saturated rings. The number of carbonyl (C=O) groups excluding carboxylic acids is 1. The van der Waals surface area contributed by atoms with Crippen LogP contribution < -0.4 is 9.47 Å². The number of rotatable bonds is 6. The molecule has 0 unspecified atom stereocenters. The van der Waals surface area contributed by atoms with Crippen molar-refractivity contribution in [2.45, 2.75) is 13.5 Å². The fourth-order valence-electron chi connectivity index (χ4n) is 2.48. The Morgan fingerprint density at radius 1 is 1.19 bits per heavy atom. The monoisotopic (exact) mass is 367 g/mol.